The van der Waals surface area contributed by atoms with E-state index in [1.807, 2.05) is 20.8 Å². The first-order valence-electron chi connectivity index (χ1n) is 6.53. The third kappa shape index (κ3) is 3.26. The number of carbonyl (C=O) groups is 1. The van der Waals surface area contributed by atoms with Gasteiger partial charge < -0.3 is 10.2 Å². The van der Waals surface area contributed by atoms with Crippen LogP contribution in [0.4, 0.5) is 11.4 Å². The molecule has 0 radical (unpaired) electrons. The molecule has 0 aliphatic rings. The van der Waals surface area contributed by atoms with Gasteiger partial charge in [0.15, 0.2) is 0 Å². The average molecular weight is 279 g/mol. The van der Waals surface area contributed by atoms with Crippen LogP contribution in [-0.2, 0) is 0 Å². The summed E-state index contributed by atoms with van der Waals surface area (Å²) in [5.74, 6) is -0.0644. The molecule has 20 heavy (non-hydrogen) atoms. The fourth-order valence-electron chi connectivity index (χ4n) is 1.84. The van der Waals surface area contributed by atoms with E-state index >= 15 is 0 Å². The Morgan fingerprint density at radius 3 is 2.40 bits per heavy atom. The van der Waals surface area contributed by atoms with Crippen LogP contribution >= 0.6 is 0 Å². The Labute approximate surface area is 118 Å². The molecular formula is C14H21N3O3. The summed E-state index contributed by atoms with van der Waals surface area (Å²) in [7, 11) is 3.37. The summed E-state index contributed by atoms with van der Waals surface area (Å²) in [4.78, 5) is 24.6. The first-order chi connectivity index (χ1) is 9.29. The van der Waals surface area contributed by atoms with Crippen LogP contribution in [0.25, 0.3) is 0 Å². The van der Waals surface area contributed by atoms with E-state index < -0.39 is 4.92 Å². The van der Waals surface area contributed by atoms with Crippen molar-refractivity contribution in [2.45, 2.75) is 26.8 Å². The van der Waals surface area contributed by atoms with Crippen molar-refractivity contribution < 1.29 is 9.72 Å². The van der Waals surface area contributed by atoms with E-state index in [1.54, 1.807) is 25.1 Å². The number of amides is 1. The van der Waals surface area contributed by atoms with Crippen molar-refractivity contribution in [1.29, 1.82) is 0 Å². The van der Waals surface area contributed by atoms with Gasteiger partial charge in [0.1, 0.15) is 5.56 Å². The zero-order valence-corrected chi connectivity index (χ0v) is 12.5. The molecule has 0 spiro atoms. The minimum atomic E-state index is -0.527. The molecule has 1 unspecified atom stereocenters. The number of hydrogen-bond acceptors (Lipinski definition) is 4. The maximum Gasteiger partial charge on any atom is 0.282 e. The number of rotatable bonds is 5. The molecule has 0 aliphatic carbocycles. The molecule has 1 aromatic carbocycles. The Morgan fingerprint density at radius 2 is 1.95 bits per heavy atom. The number of nitro benzene ring substituents is 1. The first kappa shape index (κ1) is 15.9. The van der Waals surface area contributed by atoms with E-state index in [9.17, 15) is 14.9 Å². The van der Waals surface area contributed by atoms with Crippen molar-refractivity contribution in [1.82, 2.24) is 4.90 Å². The van der Waals surface area contributed by atoms with Gasteiger partial charge in [-0.15, -0.1) is 0 Å². The Hall–Kier alpha value is -2.11. The Kier molecular flexibility index (Phi) is 5.07. The smallest absolute Gasteiger partial charge is 0.282 e. The standard InChI is InChI=1S/C14H21N3O3/c1-9(2)10(3)16(5)14(18)12-8-11(15-4)6-7-13(12)17(19)20/h6-10,15H,1-5H3. The summed E-state index contributed by atoms with van der Waals surface area (Å²) in [5.41, 5.74) is 0.609. The fourth-order valence-corrected chi connectivity index (χ4v) is 1.84. The van der Waals surface area contributed by atoms with Crippen molar-refractivity contribution in [3.05, 3.63) is 33.9 Å². The van der Waals surface area contributed by atoms with Crippen molar-refractivity contribution in [3.8, 4) is 0 Å². The first-order valence-corrected chi connectivity index (χ1v) is 6.53. The molecule has 0 aromatic heterocycles. The third-order valence-corrected chi connectivity index (χ3v) is 3.61. The second-order valence-electron chi connectivity index (χ2n) is 5.14. The van der Waals surface area contributed by atoms with Gasteiger partial charge >= 0.3 is 0 Å². The number of nitrogens with one attached hydrogen (secondary N) is 1. The summed E-state index contributed by atoms with van der Waals surface area (Å²) in [5, 5.41) is 14.0. The molecule has 6 nitrogen and oxygen atoms in total. The summed E-state index contributed by atoms with van der Waals surface area (Å²) >= 11 is 0. The van der Waals surface area contributed by atoms with Gasteiger partial charge in [-0.1, -0.05) is 13.8 Å². The Balaban J connectivity index is 3.22. The lowest BCUT2D eigenvalue weighted by atomic mass is 10.0. The van der Waals surface area contributed by atoms with Crippen LogP contribution in [0.2, 0.25) is 0 Å². The summed E-state index contributed by atoms with van der Waals surface area (Å²) < 4.78 is 0. The molecular weight excluding hydrogens is 258 g/mol. The zero-order valence-electron chi connectivity index (χ0n) is 12.5. The second kappa shape index (κ2) is 6.36. The SMILES string of the molecule is CNc1ccc([N+](=O)[O-])c(C(=O)N(C)C(C)C(C)C)c1. The molecule has 1 rings (SSSR count). The van der Waals surface area contributed by atoms with Crippen molar-refractivity contribution >= 4 is 17.3 Å². The molecule has 1 aromatic rings. The molecule has 1 N–H and O–H groups in total. The number of anilines is 1. The monoisotopic (exact) mass is 279 g/mol. The molecule has 0 heterocycles. The topological polar surface area (TPSA) is 75.5 Å². The summed E-state index contributed by atoms with van der Waals surface area (Å²) in [6, 6.07) is 4.46. The normalized spacial score (nSPS) is 12.1. The largest absolute Gasteiger partial charge is 0.388 e. The molecule has 0 saturated carbocycles. The quantitative estimate of drug-likeness (QED) is 0.664. The van der Waals surface area contributed by atoms with Gasteiger partial charge in [-0.05, 0) is 25.0 Å². The van der Waals surface area contributed by atoms with Crippen LogP contribution < -0.4 is 5.32 Å². The number of nitro groups is 1. The van der Waals surface area contributed by atoms with Gasteiger partial charge in [-0.25, -0.2) is 0 Å². The lowest BCUT2D eigenvalue weighted by Crippen LogP contribution is -2.38. The highest BCUT2D eigenvalue weighted by Gasteiger charge is 2.26. The van der Waals surface area contributed by atoms with Crippen LogP contribution in [0.3, 0.4) is 0 Å². The number of hydrogen-bond donors (Lipinski definition) is 1. The Bertz CT molecular complexity index is 514. The van der Waals surface area contributed by atoms with Gasteiger partial charge in [-0.2, -0.15) is 0 Å². The highest BCUT2D eigenvalue weighted by molar-refractivity contribution is 5.99. The zero-order chi connectivity index (χ0) is 15.4. The predicted molar refractivity (Wildman–Crippen MR) is 79.0 cm³/mol. The van der Waals surface area contributed by atoms with Gasteiger partial charge in [-0.3, -0.25) is 14.9 Å². The molecule has 1 amide bonds. The lowest BCUT2D eigenvalue weighted by molar-refractivity contribution is -0.385. The van der Waals surface area contributed by atoms with E-state index in [2.05, 4.69) is 5.32 Å². The molecule has 0 fully saturated rings. The van der Waals surface area contributed by atoms with Gasteiger partial charge in [0, 0.05) is 31.9 Å². The molecule has 6 heteroatoms. The maximum atomic E-state index is 12.5. The molecule has 1 atom stereocenters. The van der Waals surface area contributed by atoms with Crippen LogP contribution in [0, 0.1) is 16.0 Å². The second-order valence-corrected chi connectivity index (χ2v) is 5.14. The van der Waals surface area contributed by atoms with Crippen LogP contribution in [0.15, 0.2) is 18.2 Å². The lowest BCUT2D eigenvalue weighted by Gasteiger charge is -2.28. The summed E-state index contributed by atoms with van der Waals surface area (Å²) in [6.45, 7) is 5.94. The van der Waals surface area contributed by atoms with E-state index in [4.69, 9.17) is 0 Å². The van der Waals surface area contributed by atoms with E-state index in [0.29, 0.717) is 5.69 Å². The highest BCUT2D eigenvalue weighted by Crippen LogP contribution is 2.25. The molecule has 110 valence electrons. The molecule has 0 aliphatic heterocycles. The van der Waals surface area contributed by atoms with Gasteiger partial charge in [0.25, 0.3) is 11.6 Å². The Morgan fingerprint density at radius 1 is 1.35 bits per heavy atom. The molecule has 0 saturated heterocycles. The van der Waals surface area contributed by atoms with Crippen LogP contribution in [-0.4, -0.2) is 35.9 Å². The number of carbonyl (C=O) groups excluding carboxylic acids is 1. The maximum absolute atomic E-state index is 12.5. The average Bonchev–Trinajstić information content (AvgIpc) is 2.43. The fraction of sp³-hybridized carbons (Fsp3) is 0.500. The van der Waals surface area contributed by atoms with E-state index in [0.717, 1.165) is 0 Å². The van der Waals surface area contributed by atoms with Crippen molar-refractivity contribution in [2.24, 2.45) is 5.92 Å². The predicted octanol–water partition coefficient (Wildman–Crippen LogP) is 2.75. The number of benzene rings is 1. The summed E-state index contributed by atoms with van der Waals surface area (Å²) in [6.07, 6.45) is 0. The van der Waals surface area contributed by atoms with Gasteiger partial charge in [0.05, 0.1) is 4.92 Å². The minimum absolute atomic E-state index is 0.000320. The van der Waals surface area contributed by atoms with Crippen LogP contribution in [0.5, 0.6) is 0 Å². The third-order valence-electron chi connectivity index (χ3n) is 3.61. The number of nitrogens with zero attached hydrogens (tertiary/aromatic N) is 2. The highest BCUT2D eigenvalue weighted by atomic mass is 16.6. The van der Waals surface area contributed by atoms with E-state index in [1.165, 1.54) is 12.1 Å². The molecule has 0 bridgehead atoms. The van der Waals surface area contributed by atoms with E-state index in [-0.39, 0.29) is 29.1 Å². The van der Waals surface area contributed by atoms with Crippen molar-refractivity contribution in [3.63, 3.8) is 0 Å². The van der Waals surface area contributed by atoms with Gasteiger partial charge in [0.2, 0.25) is 0 Å². The van der Waals surface area contributed by atoms with Crippen molar-refractivity contribution in [2.75, 3.05) is 19.4 Å². The minimum Gasteiger partial charge on any atom is -0.388 e. The van der Waals surface area contributed by atoms with Crippen LogP contribution in [0.1, 0.15) is 31.1 Å².